The van der Waals surface area contributed by atoms with Gasteiger partial charge in [-0.3, -0.25) is 4.98 Å². The summed E-state index contributed by atoms with van der Waals surface area (Å²) in [6, 6.07) is 2.53. The van der Waals surface area contributed by atoms with E-state index in [1.54, 1.807) is 4.90 Å². The highest BCUT2D eigenvalue weighted by Gasteiger charge is 2.33. The van der Waals surface area contributed by atoms with Gasteiger partial charge in [-0.2, -0.15) is 13.2 Å². The highest BCUT2D eigenvalue weighted by molar-refractivity contribution is 5.48. The van der Waals surface area contributed by atoms with Crippen LogP contribution in [0.1, 0.15) is 12.1 Å². The summed E-state index contributed by atoms with van der Waals surface area (Å²) in [5.41, 5.74) is -0.440. The Morgan fingerprint density at radius 2 is 2.19 bits per heavy atom. The molecule has 1 saturated heterocycles. The Morgan fingerprint density at radius 1 is 1.44 bits per heavy atom. The van der Waals surface area contributed by atoms with Crippen molar-refractivity contribution in [2.75, 3.05) is 18.0 Å². The number of aromatic nitrogens is 1. The molecule has 3 nitrogen and oxygen atoms in total. The third-order valence-electron chi connectivity index (χ3n) is 2.56. The Labute approximate surface area is 90.5 Å². The van der Waals surface area contributed by atoms with Crippen molar-refractivity contribution in [2.45, 2.75) is 18.7 Å². The quantitative estimate of drug-likeness (QED) is 0.800. The number of pyridine rings is 1. The maximum absolute atomic E-state index is 12.4. The summed E-state index contributed by atoms with van der Waals surface area (Å²) in [6.07, 6.45) is -3.15. The van der Waals surface area contributed by atoms with Crippen molar-refractivity contribution >= 4 is 5.69 Å². The molecule has 0 spiro atoms. The minimum Gasteiger partial charge on any atom is -0.391 e. The van der Waals surface area contributed by atoms with Gasteiger partial charge in [0.2, 0.25) is 0 Å². The zero-order valence-electron chi connectivity index (χ0n) is 8.41. The second kappa shape index (κ2) is 3.93. The molecule has 2 heterocycles. The van der Waals surface area contributed by atoms with Crippen LogP contribution in [0.2, 0.25) is 0 Å². The second-order valence-corrected chi connectivity index (χ2v) is 3.79. The first-order valence-electron chi connectivity index (χ1n) is 4.93. The molecule has 6 heteroatoms. The first-order valence-corrected chi connectivity index (χ1v) is 4.93. The number of aliphatic hydroxyl groups excluding tert-OH is 1. The molecule has 2 rings (SSSR count). The topological polar surface area (TPSA) is 36.4 Å². The lowest BCUT2D eigenvalue weighted by atomic mass is 10.3. The van der Waals surface area contributed by atoms with Crippen molar-refractivity contribution in [1.29, 1.82) is 0 Å². The molecule has 1 aliphatic rings. The molecule has 1 aliphatic heterocycles. The first-order chi connectivity index (χ1) is 7.47. The van der Waals surface area contributed by atoms with Gasteiger partial charge in [-0.15, -0.1) is 0 Å². The lowest BCUT2D eigenvalue weighted by Crippen LogP contribution is -2.22. The van der Waals surface area contributed by atoms with Crippen LogP contribution in [0.3, 0.4) is 0 Å². The number of alkyl halides is 3. The van der Waals surface area contributed by atoms with E-state index in [2.05, 4.69) is 4.98 Å². The molecule has 0 saturated carbocycles. The molecular formula is C10H11F3N2O. The Hall–Kier alpha value is -1.30. The minimum atomic E-state index is -4.42. The van der Waals surface area contributed by atoms with Crippen molar-refractivity contribution in [3.8, 4) is 0 Å². The molecule has 0 aliphatic carbocycles. The lowest BCUT2D eigenvalue weighted by molar-refractivity contribution is -0.141. The number of hydrogen-bond acceptors (Lipinski definition) is 3. The molecule has 0 amide bonds. The number of halogens is 3. The summed E-state index contributed by atoms with van der Waals surface area (Å²) in [6.45, 7) is 0.948. The molecule has 0 radical (unpaired) electrons. The van der Waals surface area contributed by atoms with Crippen LogP contribution in [-0.2, 0) is 6.18 Å². The van der Waals surface area contributed by atoms with Crippen molar-refractivity contribution in [2.24, 2.45) is 0 Å². The minimum absolute atomic E-state index is 0.376. The monoisotopic (exact) mass is 232 g/mol. The van der Waals surface area contributed by atoms with E-state index in [-0.39, 0.29) is 0 Å². The Balaban J connectivity index is 2.23. The van der Waals surface area contributed by atoms with Crippen LogP contribution < -0.4 is 4.90 Å². The van der Waals surface area contributed by atoms with E-state index in [1.807, 2.05) is 0 Å². The van der Waals surface area contributed by atoms with E-state index in [1.165, 1.54) is 6.07 Å². The molecule has 0 bridgehead atoms. The Kier molecular flexibility index (Phi) is 2.75. The fourth-order valence-corrected chi connectivity index (χ4v) is 1.75. The van der Waals surface area contributed by atoms with Gasteiger partial charge >= 0.3 is 6.18 Å². The highest BCUT2D eigenvalue weighted by atomic mass is 19.4. The standard InChI is InChI=1S/C10H11F3N2O/c11-10(12,13)9-5-7(1-3-14-9)15-4-2-8(16)6-15/h1,3,5,8,16H,2,4,6H2. The predicted octanol–water partition coefficient (Wildman–Crippen LogP) is 1.67. The number of nitrogens with zero attached hydrogens (tertiary/aromatic N) is 2. The molecule has 0 aromatic carbocycles. The van der Waals surface area contributed by atoms with Crippen LogP contribution in [0.4, 0.5) is 18.9 Å². The number of anilines is 1. The molecule has 16 heavy (non-hydrogen) atoms. The molecule has 1 N–H and O–H groups in total. The van der Waals surface area contributed by atoms with Crippen LogP contribution in [-0.4, -0.2) is 29.3 Å². The number of rotatable bonds is 1. The summed E-state index contributed by atoms with van der Waals surface area (Å²) >= 11 is 0. The second-order valence-electron chi connectivity index (χ2n) is 3.79. The summed E-state index contributed by atoms with van der Waals surface area (Å²) in [4.78, 5) is 5.01. The van der Waals surface area contributed by atoms with E-state index >= 15 is 0 Å². The molecule has 1 aromatic rings. The average Bonchev–Trinajstić information content (AvgIpc) is 2.64. The lowest BCUT2D eigenvalue weighted by Gasteiger charge is -2.18. The van der Waals surface area contributed by atoms with Gasteiger partial charge in [0, 0.05) is 25.0 Å². The Morgan fingerprint density at radius 3 is 2.75 bits per heavy atom. The van der Waals surface area contributed by atoms with Crippen molar-refractivity contribution in [3.63, 3.8) is 0 Å². The van der Waals surface area contributed by atoms with E-state index < -0.39 is 18.0 Å². The van der Waals surface area contributed by atoms with Crippen LogP contribution in [0, 0.1) is 0 Å². The number of β-amino-alcohol motifs (C(OH)–C–C–N with tert-alkyl or cyclic N) is 1. The van der Waals surface area contributed by atoms with E-state index in [9.17, 15) is 18.3 Å². The molecule has 1 fully saturated rings. The first kappa shape index (κ1) is 11.2. The van der Waals surface area contributed by atoms with Gasteiger partial charge in [-0.1, -0.05) is 0 Å². The molecule has 88 valence electrons. The van der Waals surface area contributed by atoms with Crippen molar-refractivity contribution in [3.05, 3.63) is 24.0 Å². The molecule has 1 unspecified atom stereocenters. The van der Waals surface area contributed by atoms with Crippen molar-refractivity contribution in [1.82, 2.24) is 4.98 Å². The van der Waals surface area contributed by atoms with Crippen LogP contribution in [0.25, 0.3) is 0 Å². The fourth-order valence-electron chi connectivity index (χ4n) is 1.75. The number of hydrogen-bond donors (Lipinski definition) is 1. The van der Waals surface area contributed by atoms with Gasteiger partial charge in [-0.05, 0) is 18.6 Å². The highest BCUT2D eigenvalue weighted by Crippen LogP contribution is 2.30. The van der Waals surface area contributed by atoms with Crippen molar-refractivity contribution < 1.29 is 18.3 Å². The zero-order chi connectivity index (χ0) is 11.8. The predicted molar refractivity (Wildman–Crippen MR) is 52.1 cm³/mol. The molecular weight excluding hydrogens is 221 g/mol. The van der Waals surface area contributed by atoms with Crippen LogP contribution in [0.15, 0.2) is 18.3 Å². The third-order valence-corrected chi connectivity index (χ3v) is 2.56. The summed E-state index contributed by atoms with van der Waals surface area (Å²) < 4.78 is 37.2. The molecule has 1 aromatic heterocycles. The summed E-state index contributed by atoms with van der Waals surface area (Å²) in [5.74, 6) is 0. The largest absolute Gasteiger partial charge is 0.433 e. The molecule has 1 atom stereocenters. The number of aliphatic hydroxyl groups is 1. The van der Waals surface area contributed by atoms with Gasteiger partial charge in [0.05, 0.1) is 6.10 Å². The SMILES string of the molecule is OC1CCN(c2ccnc(C(F)(F)F)c2)C1. The maximum Gasteiger partial charge on any atom is 0.433 e. The zero-order valence-corrected chi connectivity index (χ0v) is 8.41. The van der Waals surface area contributed by atoms with Gasteiger partial charge < -0.3 is 10.0 Å². The summed E-state index contributed by atoms with van der Waals surface area (Å²) in [7, 11) is 0. The van der Waals surface area contributed by atoms with Crippen LogP contribution >= 0.6 is 0 Å². The van der Waals surface area contributed by atoms with Gasteiger partial charge in [-0.25, -0.2) is 0 Å². The smallest absolute Gasteiger partial charge is 0.391 e. The van der Waals surface area contributed by atoms with Gasteiger partial charge in [0.1, 0.15) is 5.69 Å². The Bertz CT molecular complexity index is 381. The normalized spacial score (nSPS) is 21.5. The van der Waals surface area contributed by atoms with Gasteiger partial charge in [0.15, 0.2) is 0 Å². The average molecular weight is 232 g/mol. The van der Waals surface area contributed by atoms with Crippen LogP contribution in [0.5, 0.6) is 0 Å². The maximum atomic E-state index is 12.4. The van der Waals surface area contributed by atoms with Gasteiger partial charge in [0.25, 0.3) is 0 Å². The van der Waals surface area contributed by atoms with E-state index in [0.29, 0.717) is 25.2 Å². The third kappa shape index (κ3) is 2.27. The summed E-state index contributed by atoms with van der Waals surface area (Å²) in [5, 5.41) is 9.31. The fraction of sp³-hybridized carbons (Fsp3) is 0.500. The van der Waals surface area contributed by atoms with E-state index in [0.717, 1.165) is 12.3 Å². The van der Waals surface area contributed by atoms with E-state index in [4.69, 9.17) is 0 Å².